The van der Waals surface area contributed by atoms with Gasteiger partial charge >= 0.3 is 17.6 Å². The molecule has 3 heterocycles. The van der Waals surface area contributed by atoms with E-state index in [9.17, 15) is 29.4 Å². The molecule has 2 aliphatic heterocycles. The number of para-hydroxylation sites is 1. The first-order valence-corrected chi connectivity index (χ1v) is 15.3. The number of aliphatic hydroxyl groups excluding tert-OH is 1. The number of anilines is 1. The van der Waals surface area contributed by atoms with Crippen molar-refractivity contribution in [3.8, 4) is 5.75 Å². The van der Waals surface area contributed by atoms with E-state index in [1.54, 1.807) is 24.3 Å². The van der Waals surface area contributed by atoms with Crippen molar-refractivity contribution in [3.05, 3.63) is 63.4 Å². The Bertz CT molecular complexity index is 1660. The molecule has 5 rings (SSSR count). The van der Waals surface area contributed by atoms with Gasteiger partial charge in [0.15, 0.2) is 5.17 Å². The number of hydrogen-bond donors (Lipinski definition) is 7. The van der Waals surface area contributed by atoms with E-state index in [0.29, 0.717) is 28.2 Å². The highest BCUT2D eigenvalue weighted by atomic mass is 32.2. The monoisotopic (exact) mass is 638 g/mol. The van der Waals surface area contributed by atoms with Crippen LogP contribution in [0.3, 0.4) is 0 Å². The minimum Gasteiger partial charge on any atom is -0.489 e. The molecule has 1 saturated heterocycles. The Balaban J connectivity index is 1.05. The van der Waals surface area contributed by atoms with Crippen molar-refractivity contribution in [2.24, 2.45) is 4.99 Å². The summed E-state index contributed by atoms with van der Waals surface area (Å²) >= 11 is 1.02. The molecule has 0 radical (unpaired) electrons. The van der Waals surface area contributed by atoms with Gasteiger partial charge in [-0.25, -0.2) is 9.59 Å². The second-order valence-corrected chi connectivity index (χ2v) is 11.8. The minimum atomic E-state index is -1.22. The van der Waals surface area contributed by atoms with Crippen molar-refractivity contribution in [1.29, 1.82) is 0 Å². The number of carboxylic acid groups (broad SMARTS) is 2. The van der Waals surface area contributed by atoms with Crippen LogP contribution in [0, 0.1) is 0 Å². The summed E-state index contributed by atoms with van der Waals surface area (Å²) in [4.78, 5) is 58.1. The maximum atomic E-state index is 12.4. The van der Waals surface area contributed by atoms with E-state index in [2.05, 4.69) is 30.5 Å². The fraction of sp³-hybridized carbons (Fsp3) is 0.367. The van der Waals surface area contributed by atoms with Gasteiger partial charge in [-0.05, 0) is 66.9 Å². The number of aliphatic carboxylic acids is 2. The van der Waals surface area contributed by atoms with Crippen LogP contribution in [0.25, 0.3) is 17.1 Å². The molecule has 1 aromatic heterocycles. The summed E-state index contributed by atoms with van der Waals surface area (Å²) in [7, 11) is 0. The number of aromatic nitrogens is 2. The number of ether oxygens (including phenoxy) is 1. The average molecular weight is 639 g/mol. The van der Waals surface area contributed by atoms with Crippen molar-refractivity contribution < 1.29 is 34.4 Å². The molecular weight excluding hydrogens is 604 g/mol. The third kappa shape index (κ3) is 8.53. The smallest absolute Gasteiger partial charge is 0.326 e. The number of aliphatic imine (C=N–C) groups is 1. The first kappa shape index (κ1) is 31.8. The number of nitrogens with one attached hydrogen (secondary N) is 4. The van der Waals surface area contributed by atoms with Gasteiger partial charge in [0.2, 0.25) is 0 Å². The number of carboxylic acids is 2. The number of benzene rings is 2. The van der Waals surface area contributed by atoms with Gasteiger partial charge in [0, 0.05) is 37.8 Å². The average Bonchev–Trinajstić information content (AvgIpc) is 3.58. The van der Waals surface area contributed by atoms with E-state index in [1.807, 2.05) is 24.3 Å². The third-order valence-corrected chi connectivity index (χ3v) is 8.42. The Hall–Kier alpha value is -4.60. The van der Waals surface area contributed by atoms with Crippen LogP contribution in [0.15, 0.2) is 57.2 Å². The number of aliphatic hydroxyl groups is 1. The summed E-state index contributed by atoms with van der Waals surface area (Å²) in [5, 5.41) is 34.8. The molecule has 1 amide bonds. The van der Waals surface area contributed by atoms with E-state index in [0.717, 1.165) is 48.9 Å². The number of hydrogen-bond acceptors (Lipinski definition) is 10. The van der Waals surface area contributed by atoms with Gasteiger partial charge in [-0.15, -0.1) is 0 Å². The number of thioether (sulfide) groups is 1. The van der Waals surface area contributed by atoms with Gasteiger partial charge in [0.25, 0.3) is 5.91 Å². The number of aromatic amines is 2. The minimum absolute atomic E-state index is 0.0877. The van der Waals surface area contributed by atoms with E-state index in [1.165, 1.54) is 0 Å². The molecule has 14 nitrogen and oxygen atoms in total. The van der Waals surface area contributed by atoms with Gasteiger partial charge in [-0.1, -0.05) is 18.2 Å². The number of carbonyl (C=O) groups excluding carboxylic acids is 1. The predicted molar refractivity (Wildman–Crippen MR) is 170 cm³/mol. The highest BCUT2D eigenvalue weighted by Crippen LogP contribution is 2.29. The second kappa shape index (κ2) is 14.5. The standard InChI is InChI=1S/C30H34N6O8S/c37-20(16-44-23-3-1-2-21-26(23)34-29(43)32-21)15-31-18-10-12-36(13-11-18)19-6-4-17(5-7-19)14-24-27(40)35-30(45-24)33-22(28(41)42)8-9-25(38)39/h1-7,14,18,20,22,31,37H,8-13,15-16H2,(H,38,39)(H,41,42)(H2,32,34,43)(H,33,35,40)/b24-14-/t20-,22-/m0/s1. The number of rotatable bonds is 13. The van der Waals surface area contributed by atoms with E-state index in [-0.39, 0.29) is 36.3 Å². The lowest BCUT2D eigenvalue weighted by atomic mass is 10.0. The molecule has 2 atom stereocenters. The Morgan fingerprint density at radius 3 is 2.58 bits per heavy atom. The molecule has 45 heavy (non-hydrogen) atoms. The zero-order chi connectivity index (χ0) is 31.9. The molecule has 15 heteroatoms. The van der Waals surface area contributed by atoms with Crippen LogP contribution >= 0.6 is 11.8 Å². The summed E-state index contributed by atoms with van der Waals surface area (Å²) in [6.45, 7) is 2.13. The summed E-state index contributed by atoms with van der Waals surface area (Å²) in [6, 6.07) is 12.1. The molecule has 0 saturated carbocycles. The number of H-pyrrole nitrogens is 2. The van der Waals surface area contributed by atoms with Crippen LogP contribution in [-0.2, 0) is 14.4 Å². The summed E-state index contributed by atoms with van der Waals surface area (Å²) < 4.78 is 5.75. The van der Waals surface area contributed by atoms with Crippen molar-refractivity contribution in [3.63, 3.8) is 0 Å². The molecule has 2 aromatic carbocycles. The lowest BCUT2D eigenvalue weighted by Gasteiger charge is -2.34. The fourth-order valence-electron chi connectivity index (χ4n) is 5.12. The molecular formula is C30H34N6O8S. The van der Waals surface area contributed by atoms with Crippen LogP contribution in [0.4, 0.5) is 5.69 Å². The van der Waals surface area contributed by atoms with E-state index >= 15 is 0 Å². The first-order valence-electron chi connectivity index (χ1n) is 14.5. The molecule has 0 bridgehead atoms. The molecule has 0 aliphatic carbocycles. The Kier molecular flexibility index (Phi) is 10.2. The number of fused-ring (bicyclic) bond motifs is 1. The van der Waals surface area contributed by atoms with Crippen LogP contribution in [0.2, 0.25) is 0 Å². The van der Waals surface area contributed by atoms with Gasteiger partial charge in [0.05, 0.1) is 10.4 Å². The molecule has 3 aromatic rings. The third-order valence-electron chi connectivity index (χ3n) is 7.50. The maximum Gasteiger partial charge on any atom is 0.326 e. The van der Waals surface area contributed by atoms with Gasteiger partial charge in [-0.2, -0.15) is 4.99 Å². The number of piperidine rings is 1. The molecule has 1 fully saturated rings. The summed E-state index contributed by atoms with van der Waals surface area (Å²) in [5.41, 5.74) is 2.74. The molecule has 0 spiro atoms. The largest absolute Gasteiger partial charge is 0.489 e. The van der Waals surface area contributed by atoms with Crippen LogP contribution < -0.4 is 26.0 Å². The maximum absolute atomic E-state index is 12.4. The molecule has 238 valence electrons. The first-order chi connectivity index (χ1) is 21.6. The predicted octanol–water partition coefficient (Wildman–Crippen LogP) is 1.73. The summed E-state index contributed by atoms with van der Waals surface area (Å²) in [6.07, 6.45) is 2.29. The van der Waals surface area contributed by atoms with Gasteiger partial charge in [0.1, 0.15) is 30.0 Å². The number of nitrogens with zero attached hydrogens (tertiary/aromatic N) is 2. The fourth-order valence-corrected chi connectivity index (χ4v) is 5.98. The lowest BCUT2D eigenvalue weighted by Crippen LogP contribution is -2.45. The normalized spacial score (nSPS) is 17.8. The SMILES string of the molecule is O=C(O)CC[C@H](NC1=NC(=O)/C(=C/c2ccc(N3CCC(NC[C@H](O)COc4cccc5[nH]c(=O)[nH]c45)CC3)cc2)S1)C(=O)O. The van der Waals surface area contributed by atoms with Crippen LogP contribution in [0.5, 0.6) is 5.75 Å². The van der Waals surface area contributed by atoms with Crippen LogP contribution in [0.1, 0.15) is 31.2 Å². The van der Waals surface area contributed by atoms with Crippen molar-refractivity contribution in [1.82, 2.24) is 20.6 Å². The van der Waals surface area contributed by atoms with Crippen LogP contribution in [-0.4, -0.2) is 92.7 Å². The van der Waals surface area contributed by atoms with Gasteiger partial charge < -0.3 is 45.6 Å². The topological polar surface area (TPSA) is 209 Å². The zero-order valence-electron chi connectivity index (χ0n) is 24.2. The Morgan fingerprint density at radius 2 is 1.87 bits per heavy atom. The molecule has 7 N–H and O–H groups in total. The van der Waals surface area contributed by atoms with Crippen molar-refractivity contribution >= 4 is 57.6 Å². The summed E-state index contributed by atoms with van der Waals surface area (Å²) in [5.74, 6) is -2.31. The second-order valence-electron chi connectivity index (χ2n) is 10.8. The highest BCUT2D eigenvalue weighted by molar-refractivity contribution is 8.18. The molecule has 0 unspecified atom stereocenters. The highest BCUT2D eigenvalue weighted by Gasteiger charge is 2.27. The van der Waals surface area contributed by atoms with E-state index < -0.39 is 30.0 Å². The Morgan fingerprint density at radius 1 is 1.11 bits per heavy atom. The molecule has 2 aliphatic rings. The number of imidazole rings is 1. The number of amidine groups is 1. The Labute approximate surface area is 261 Å². The van der Waals surface area contributed by atoms with Crippen molar-refractivity contribution in [2.75, 3.05) is 31.1 Å². The number of carbonyl (C=O) groups is 3. The quantitative estimate of drug-likeness (QED) is 0.134. The number of amides is 1. The lowest BCUT2D eigenvalue weighted by molar-refractivity contribution is -0.140. The zero-order valence-corrected chi connectivity index (χ0v) is 25.0. The van der Waals surface area contributed by atoms with E-state index in [4.69, 9.17) is 9.84 Å². The van der Waals surface area contributed by atoms with Crippen molar-refractivity contribution in [2.45, 2.75) is 43.9 Å². The van der Waals surface area contributed by atoms with Gasteiger partial charge in [-0.3, -0.25) is 9.59 Å².